The van der Waals surface area contributed by atoms with Crippen molar-refractivity contribution in [1.82, 2.24) is 0 Å². The van der Waals surface area contributed by atoms with Gasteiger partial charge in [0.05, 0.1) is 6.61 Å². The number of ether oxygens (including phenoxy) is 1. The molecule has 1 N–H and O–H groups in total. The molecule has 3 nitrogen and oxygen atoms in total. The first-order valence-electron chi connectivity index (χ1n) is 7.96. The SMILES string of the molecule is CC(C)COc1ccc(NC(=O)C2(C)CC2)c2ccccc12. The maximum atomic E-state index is 12.3. The molecule has 116 valence electrons. The summed E-state index contributed by atoms with van der Waals surface area (Å²) in [5.41, 5.74) is 0.694. The molecule has 1 fully saturated rings. The van der Waals surface area contributed by atoms with Gasteiger partial charge in [0.1, 0.15) is 5.75 Å². The van der Waals surface area contributed by atoms with E-state index in [1.165, 1.54) is 0 Å². The quantitative estimate of drug-likeness (QED) is 0.875. The number of nitrogens with one attached hydrogen (secondary N) is 1. The third-order valence-electron chi connectivity index (χ3n) is 4.25. The van der Waals surface area contributed by atoms with Crippen LogP contribution in [0, 0.1) is 11.3 Å². The molecule has 0 heterocycles. The van der Waals surface area contributed by atoms with Crippen LogP contribution in [0.3, 0.4) is 0 Å². The zero-order chi connectivity index (χ0) is 15.7. The molecule has 0 unspecified atom stereocenters. The van der Waals surface area contributed by atoms with Crippen molar-refractivity contribution >= 4 is 22.4 Å². The lowest BCUT2D eigenvalue weighted by molar-refractivity contribution is -0.120. The molecule has 1 aliphatic carbocycles. The van der Waals surface area contributed by atoms with Crippen LogP contribution in [-0.4, -0.2) is 12.5 Å². The molecule has 0 saturated heterocycles. The largest absolute Gasteiger partial charge is 0.493 e. The van der Waals surface area contributed by atoms with Crippen LogP contribution in [0.25, 0.3) is 10.8 Å². The molecule has 1 saturated carbocycles. The number of hydrogen-bond acceptors (Lipinski definition) is 2. The van der Waals surface area contributed by atoms with Crippen molar-refractivity contribution < 1.29 is 9.53 Å². The molecule has 0 radical (unpaired) electrons. The van der Waals surface area contributed by atoms with E-state index in [0.29, 0.717) is 12.5 Å². The van der Waals surface area contributed by atoms with Gasteiger partial charge in [-0.05, 0) is 30.9 Å². The highest BCUT2D eigenvalue weighted by Gasteiger charge is 2.44. The molecule has 0 aliphatic heterocycles. The average molecular weight is 297 g/mol. The Labute approximate surface area is 131 Å². The Hall–Kier alpha value is -2.03. The van der Waals surface area contributed by atoms with Gasteiger partial charge in [-0.25, -0.2) is 0 Å². The second-order valence-electron chi connectivity index (χ2n) is 6.88. The Balaban J connectivity index is 1.92. The van der Waals surface area contributed by atoms with Crippen LogP contribution in [0.2, 0.25) is 0 Å². The van der Waals surface area contributed by atoms with E-state index >= 15 is 0 Å². The van der Waals surface area contributed by atoms with E-state index in [0.717, 1.165) is 35.1 Å². The fourth-order valence-electron chi connectivity index (χ4n) is 2.45. The predicted molar refractivity (Wildman–Crippen MR) is 90.3 cm³/mol. The van der Waals surface area contributed by atoms with Crippen LogP contribution < -0.4 is 10.1 Å². The molecule has 0 aromatic heterocycles. The normalized spacial score (nSPS) is 15.8. The fourth-order valence-corrected chi connectivity index (χ4v) is 2.45. The van der Waals surface area contributed by atoms with E-state index < -0.39 is 0 Å². The van der Waals surface area contributed by atoms with Crippen molar-refractivity contribution in [3.05, 3.63) is 36.4 Å². The highest BCUT2D eigenvalue weighted by molar-refractivity contribution is 6.06. The van der Waals surface area contributed by atoms with E-state index in [1.807, 2.05) is 43.3 Å². The highest BCUT2D eigenvalue weighted by Crippen LogP contribution is 2.46. The van der Waals surface area contributed by atoms with Crippen molar-refractivity contribution in [3.63, 3.8) is 0 Å². The first kappa shape index (κ1) is 14.9. The molecule has 2 aromatic rings. The van der Waals surface area contributed by atoms with Crippen LogP contribution >= 0.6 is 0 Å². The van der Waals surface area contributed by atoms with Crippen LogP contribution in [-0.2, 0) is 4.79 Å². The van der Waals surface area contributed by atoms with Gasteiger partial charge in [0, 0.05) is 21.9 Å². The van der Waals surface area contributed by atoms with Gasteiger partial charge < -0.3 is 10.1 Å². The van der Waals surface area contributed by atoms with Gasteiger partial charge in [-0.2, -0.15) is 0 Å². The second kappa shape index (κ2) is 5.64. The van der Waals surface area contributed by atoms with Crippen LogP contribution in [0.15, 0.2) is 36.4 Å². The molecular formula is C19H23NO2. The summed E-state index contributed by atoms with van der Waals surface area (Å²) in [5.74, 6) is 1.47. The smallest absolute Gasteiger partial charge is 0.230 e. The van der Waals surface area contributed by atoms with Gasteiger partial charge in [0.15, 0.2) is 0 Å². The van der Waals surface area contributed by atoms with Crippen molar-refractivity contribution in [2.75, 3.05) is 11.9 Å². The maximum Gasteiger partial charge on any atom is 0.230 e. The molecule has 22 heavy (non-hydrogen) atoms. The Kier molecular flexibility index (Phi) is 3.81. The van der Waals surface area contributed by atoms with E-state index in [-0.39, 0.29) is 11.3 Å². The summed E-state index contributed by atoms with van der Waals surface area (Å²) < 4.78 is 5.91. The topological polar surface area (TPSA) is 38.3 Å². The van der Waals surface area contributed by atoms with Gasteiger partial charge in [0.25, 0.3) is 0 Å². The molecule has 0 atom stereocenters. The van der Waals surface area contributed by atoms with Gasteiger partial charge in [0.2, 0.25) is 5.91 Å². The number of carbonyl (C=O) groups is 1. The van der Waals surface area contributed by atoms with Gasteiger partial charge >= 0.3 is 0 Å². The number of hydrogen-bond donors (Lipinski definition) is 1. The Morgan fingerprint density at radius 2 is 1.86 bits per heavy atom. The van der Waals surface area contributed by atoms with Gasteiger partial charge in [-0.15, -0.1) is 0 Å². The number of fused-ring (bicyclic) bond motifs is 1. The summed E-state index contributed by atoms with van der Waals surface area (Å²) in [6.07, 6.45) is 1.96. The molecular weight excluding hydrogens is 274 g/mol. The fraction of sp³-hybridized carbons (Fsp3) is 0.421. The monoisotopic (exact) mass is 297 g/mol. The number of rotatable bonds is 5. The van der Waals surface area contributed by atoms with Gasteiger partial charge in [-0.3, -0.25) is 4.79 Å². The summed E-state index contributed by atoms with van der Waals surface area (Å²) in [7, 11) is 0. The maximum absolute atomic E-state index is 12.3. The second-order valence-corrected chi connectivity index (χ2v) is 6.88. The Bertz CT molecular complexity index is 702. The number of amides is 1. The molecule has 1 amide bonds. The van der Waals surface area contributed by atoms with E-state index in [2.05, 4.69) is 19.2 Å². The first-order valence-corrected chi connectivity index (χ1v) is 7.96. The Morgan fingerprint density at radius 1 is 1.18 bits per heavy atom. The lowest BCUT2D eigenvalue weighted by Crippen LogP contribution is -2.21. The van der Waals surface area contributed by atoms with Gasteiger partial charge in [-0.1, -0.05) is 45.0 Å². The third-order valence-corrected chi connectivity index (χ3v) is 4.25. The number of benzene rings is 2. The molecule has 0 spiro atoms. The zero-order valence-electron chi connectivity index (χ0n) is 13.5. The molecule has 2 aromatic carbocycles. The van der Waals surface area contributed by atoms with Crippen LogP contribution in [0.1, 0.15) is 33.6 Å². The minimum atomic E-state index is -0.173. The summed E-state index contributed by atoms with van der Waals surface area (Å²) in [6.45, 7) is 6.97. The van der Waals surface area contributed by atoms with Crippen LogP contribution in [0.4, 0.5) is 5.69 Å². The minimum Gasteiger partial charge on any atom is -0.493 e. The first-order chi connectivity index (χ1) is 10.5. The van der Waals surface area contributed by atoms with Crippen molar-refractivity contribution in [2.24, 2.45) is 11.3 Å². The van der Waals surface area contributed by atoms with Crippen molar-refractivity contribution in [1.29, 1.82) is 0 Å². The van der Waals surface area contributed by atoms with E-state index in [9.17, 15) is 4.79 Å². The predicted octanol–water partition coefficient (Wildman–Crippen LogP) is 4.61. The van der Waals surface area contributed by atoms with E-state index in [1.54, 1.807) is 0 Å². The third kappa shape index (κ3) is 2.94. The van der Waals surface area contributed by atoms with Crippen molar-refractivity contribution in [2.45, 2.75) is 33.6 Å². The standard InChI is InChI=1S/C19H23NO2/c1-13(2)12-22-17-9-8-16(14-6-4-5-7-15(14)17)20-18(21)19(3)10-11-19/h4-9,13H,10-12H2,1-3H3,(H,20,21). The average Bonchev–Trinajstić information content (AvgIpc) is 3.25. The summed E-state index contributed by atoms with van der Waals surface area (Å²) in [6, 6.07) is 12.0. The number of carbonyl (C=O) groups excluding carboxylic acids is 1. The molecule has 1 aliphatic rings. The minimum absolute atomic E-state index is 0.119. The Morgan fingerprint density at radius 3 is 2.50 bits per heavy atom. The zero-order valence-corrected chi connectivity index (χ0v) is 13.5. The summed E-state index contributed by atoms with van der Waals surface area (Å²) >= 11 is 0. The summed E-state index contributed by atoms with van der Waals surface area (Å²) in [4.78, 5) is 12.3. The van der Waals surface area contributed by atoms with Crippen molar-refractivity contribution in [3.8, 4) is 5.75 Å². The lowest BCUT2D eigenvalue weighted by atomic mass is 10.1. The number of anilines is 1. The lowest BCUT2D eigenvalue weighted by Gasteiger charge is -2.16. The highest BCUT2D eigenvalue weighted by atomic mass is 16.5. The summed E-state index contributed by atoms with van der Waals surface area (Å²) in [5, 5.41) is 5.16. The molecule has 0 bridgehead atoms. The molecule has 3 rings (SSSR count). The van der Waals surface area contributed by atoms with Crippen LogP contribution in [0.5, 0.6) is 5.75 Å². The van der Waals surface area contributed by atoms with E-state index in [4.69, 9.17) is 4.74 Å². The molecule has 3 heteroatoms.